The highest BCUT2D eigenvalue weighted by Crippen LogP contribution is 2.22. The molecular formula is C11H11ClF2N2O2. The third-order valence-corrected chi connectivity index (χ3v) is 2.31. The molecule has 0 heterocycles. The minimum Gasteiger partial charge on any atom is -0.345 e. The molecule has 1 aromatic carbocycles. The predicted octanol–water partition coefficient (Wildman–Crippen LogP) is 2.25. The number of rotatable bonds is 3. The molecule has 1 rings (SSSR count). The monoisotopic (exact) mass is 276 g/mol. The molecule has 0 aromatic heterocycles. The number of alkyl halides is 2. The Balaban J connectivity index is 3.12. The summed E-state index contributed by atoms with van der Waals surface area (Å²) in [5.74, 6) is -1.90. The summed E-state index contributed by atoms with van der Waals surface area (Å²) in [5.41, 5.74) is 0.0601. The molecule has 98 valence electrons. The Bertz CT molecular complexity index is 478. The van der Waals surface area contributed by atoms with Crippen LogP contribution in [0.1, 0.15) is 10.4 Å². The predicted molar refractivity (Wildman–Crippen MR) is 64.1 cm³/mol. The van der Waals surface area contributed by atoms with Crippen LogP contribution in [0.2, 0.25) is 5.02 Å². The van der Waals surface area contributed by atoms with Gasteiger partial charge in [-0.05, 0) is 18.2 Å². The lowest BCUT2D eigenvalue weighted by Gasteiger charge is -2.15. The van der Waals surface area contributed by atoms with E-state index >= 15 is 0 Å². The lowest BCUT2D eigenvalue weighted by Crippen LogP contribution is -2.26. The van der Waals surface area contributed by atoms with E-state index in [1.807, 2.05) is 5.32 Å². The maximum Gasteiger partial charge on any atom is 0.315 e. The van der Waals surface area contributed by atoms with Crippen LogP contribution in [0.4, 0.5) is 14.5 Å². The summed E-state index contributed by atoms with van der Waals surface area (Å²) >= 11 is 5.70. The first-order valence-electron chi connectivity index (χ1n) is 4.93. The Morgan fingerprint density at radius 2 is 1.94 bits per heavy atom. The molecule has 18 heavy (non-hydrogen) atoms. The Morgan fingerprint density at radius 1 is 1.33 bits per heavy atom. The molecule has 0 atom stereocenters. The summed E-state index contributed by atoms with van der Waals surface area (Å²) in [7, 11) is 3.02. The van der Waals surface area contributed by atoms with Crippen molar-refractivity contribution < 1.29 is 18.4 Å². The normalized spacial score (nSPS) is 10.3. The molecule has 0 aliphatic rings. The van der Waals surface area contributed by atoms with Gasteiger partial charge in [-0.15, -0.1) is 0 Å². The van der Waals surface area contributed by atoms with E-state index in [4.69, 9.17) is 11.6 Å². The largest absolute Gasteiger partial charge is 0.345 e. The first kappa shape index (κ1) is 14.4. The number of halogens is 3. The summed E-state index contributed by atoms with van der Waals surface area (Å²) in [6.45, 7) is 0. The molecule has 0 saturated heterocycles. The molecule has 4 nitrogen and oxygen atoms in total. The topological polar surface area (TPSA) is 49.4 Å². The molecule has 0 spiro atoms. The zero-order chi connectivity index (χ0) is 13.9. The molecular weight excluding hydrogens is 266 g/mol. The molecule has 7 heteroatoms. The number of nitrogens with one attached hydrogen (secondary N) is 1. The van der Waals surface area contributed by atoms with Crippen LogP contribution in [0.5, 0.6) is 0 Å². The first-order valence-corrected chi connectivity index (χ1v) is 5.31. The second kappa shape index (κ2) is 5.77. The summed E-state index contributed by atoms with van der Waals surface area (Å²) in [4.78, 5) is 24.0. The highest BCUT2D eigenvalue weighted by atomic mass is 35.5. The van der Waals surface area contributed by atoms with E-state index in [0.29, 0.717) is 0 Å². The summed E-state index contributed by atoms with van der Waals surface area (Å²) < 4.78 is 24.3. The van der Waals surface area contributed by atoms with E-state index in [0.717, 1.165) is 0 Å². The van der Waals surface area contributed by atoms with Gasteiger partial charge in [0.15, 0.2) is 0 Å². The molecule has 0 saturated carbocycles. The molecule has 1 N–H and O–H groups in total. The minimum atomic E-state index is -3.16. The number of nitrogens with zero attached hydrogens (tertiary/aromatic N) is 1. The van der Waals surface area contributed by atoms with Gasteiger partial charge in [0.25, 0.3) is 11.8 Å². The van der Waals surface area contributed by atoms with Gasteiger partial charge in [0, 0.05) is 19.1 Å². The van der Waals surface area contributed by atoms with Gasteiger partial charge in [-0.3, -0.25) is 9.59 Å². The Morgan fingerprint density at radius 3 is 2.44 bits per heavy atom. The van der Waals surface area contributed by atoms with Gasteiger partial charge in [0.2, 0.25) is 0 Å². The van der Waals surface area contributed by atoms with Crippen molar-refractivity contribution in [2.24, 2.45) is 0 Å². The van der Waals surface area contributed by atoms with Gasteiger partial charge in [0.1, 0.15) is 0 Å². The number of hydrogen-bond acceptors (Lipinski definition) is 2. The number of anilines is 1. The molecule has 0 radical (unpaired) electrons. The van der Waals surface area contributed by atoms with Crippen LogP contribution in [-0.4, -0.2) is 37.2 Å². The van der Waals surface area contributed by atoms with Crippen LogP contribution < -0.4 is 5.32 Å². The van der Waals surface area contributed by atoms with Gasteiger partial charge in [-0.25, -0.2) is 0 Å². The molecule has 1 aromatic rings. The minimum absolute atomic E-state index is 0.0356. The van der Waals surface area contributed by atoms with Gasteiger partial charge in [0.05, 0.1) is 11.3 Å². The second-order valence-corrected chi connectivity index (χ2v) is 4.12. The lowest BCUT2D eigenvalue weighted by molar-refractivity contribution is -0.126. The van der Waals surface area contributed by atoms with E-state index in [1.165, 1.54) is 37.2 Å². The van der Waals surface area contributed by atoms with E-state index in [9.17, 15) is 18.4 Å². The zero-order valence-electron chi connectivity index (χ0n) is 9.71. The van der Waals surface area contributed by atoms with Crippen molar-refractivity contribution in [2.45, 2.75) is 6.43 Å². The maximum atomic E-state index is 12.2. The summed E-state index contributed by atoms with van der Waals surface area (Å²) in [5, 5.41) is 2.20. The fourth-order valence-electron chi connectivity index (χ4n) is 1.23. The molecule has 0 aliphatic carbocycles. The van der Waals surface area contributed by atoms with Gasteiger partial charge in [-0.1, -0.05) is 11.6 Å². The third-order valence-electron chi connectivity index (χ3n) is 2.07. The number of carbonyl (C=O) groups is 2. The van der Waals surface area contributed by atoms with Crippen LogP contribution >= 0.6 is 11.6 Å². The van der Waals surface area contributed by atoms with Crippen molar-refractivity contribution in [1.82, 2.24) is 4.90 Å². The van der Waals surface area contributed by atoms with Crippen LogP contribution in [0.3, 0.4) is 0 Å². The summed E-state index contributed by atoms with van der Waals surface area (Å²) in [6.07, 6.45) is -3.16. The van der Waals surface area contributed by atoms with Crippen LogP contribution in [0.25, 0.3) is 0 Å². The fourth-order valence-corrected chi connectivity index (χ4v) is 1.41. The molecule has 0 unspecified atom stereocenters. The van der Waals surface area contributed by atoms with Crippen LogP contribution in [0.15, 0.2) is 18.2 Å². The molecule has 0 aliphatic heterocycles. The Kier molecular flexibility index (Phi) is 4.61. The van der Waals surface area contributed by atoms with Crippen molar-refractivity contribution in [3.63, 3.8) is 0 Å². The zero-order valence-corrected chi connectivity index (χ0v) is 10.5. The number of hydrogen-bond donors (Lipinski definition) is 1. The van der Waals surface area contributed by atoms with Crippen molar-refractivity contribution >= 4 is 29.1 Å². The molecule has 2 amide bonds. The van der Waals surface area contributed by atoms with Crippen molar-refractivity contribution in [3.05, 3.63) is 28.8 Å². The Hall–Kier alpha value is -1.69. The average molecular weight is 277 g/mol. The average Bonchev–Trinajstić information content (AvgIpc) is 2.28. The van der Waals surface area contributed by atoms with E-state index in [-0.39, 0.29) is 16.3 Å². The Labute approximate surface area is 108 Å². The lowest BCUT2D eigenvalue weighted by atomic mass is 10.1. The van der Waals surface area contributed by atoms with E-state index in [1.54, 1.807) is 0 Å². The van der Waals surface area contributed by atoms with Crippen LogP contribution in [0, 0.1) is 0 Å². The SMILES string of the molecule is CN(C)C(=O)c1ccc(Cl)cc1NC(=O)C(F)F. The van der Waals surface area contributed by atoms with Crippen molar-refractivity contribution in [2.75, 3.05) is 19.4 Å². The third kappa shape index (κ3) is 3.40. The first-order chi connectivity index (χ1) is 8.32. The van der Waals surface area contributed by atoms with Gasteiger partial charge in [-0.2, -0.15) is 8.78 Å². The smallest absolute Gasteiger partial charge is 0.315 e. The number of benzene rings is 1. The van der Waals surface area contributed by atoms with Crippen LogP contribution in [-0.2, 0) is 4.79 Å². The van der Waals surface area contributed by atoms with E-state index < -0.39 is 18.2 Å². The quantitative estimate of drug-likeness (QED) is 0.920. The molecule has 0 fully saturated rings. The highest BCUT2D eigenvalue weighted by molar-refractivity contribution is 6.31. The molecule has 0 bridgehead atoms. The number of amides is 2. The van der Waals surface area contributed by atoms with Gasteiger partial charge < -0.3 is 10.2 Å². The fraction of sp³-hybridized carbons (Fsp3) is 0.273. The van der Waals surface area contributed by atoms with Gasteiger partial charge >= 0.3 is 6.43 Å². The van der Waals surface area contributed by atoms with Crippen molar-refractivity contribution in [1.29, 1.82) is 0 Å². The highest BCUT2D eigenvalue weighted by Gasteiger charge is 2.20. The standard InChI is InChI=1S/C11H11ClF2N2O2/c1-16(2)11(18)7-4-3-6(12)5-8(7)15-10(17)9(13)14/h3-5,9H,1-2H3,(H,15,17). The summed E-state index contributed by atoms with van der Waals surface area (Å²) in [6, 6.07) is 4.06. The second-order valence-electron chi connectivity index (χ2n) is 3.68. The van der Waals surface area contributed by atoms with Crippen molar-refractivity contribution in [3.8, 4) is 0 Å². The maximum absolute atomic E-state index is 12.2. The number of carbonyl (C=O) groups excluding carboxylic acids is 2. The van der Waals surface area contributed by atoms with E-state index in [2.05, 4.69) is 0 Å².